The molecule has 0 saturated carbocycles. The number of methoxy groups -OCH3 is 1. The number of hydrogen-bond acceptors (Lipinski definition) is 4. The fourth-order valence-corrected chi connectivity index (χ4v) is 3.73. The fourth-order valence-electron chi connectivity index (χ4n) is 3.15. The zero-order chi connectivity index (χ0) is 14.0. The van der Waals surface area contributed by atoms with Crippen LogP contribution in [0.1, 0.15) is 25.7 Å². The summed E-state index contributed by atoms with van der Waals surface area (Å²) in [5.41, 5.74) is -0.0269. The molecule has 0 aromatic carbocycles. The summed E-state index contributed by atoms with van der Waals surface area (Å²) in [4.78, 5) is 8.18. The van der Waals surface area contributed by atoms with E-state index >= 15 is 0 Å². The van der Waals surface area contributed by atoms with Gasteiger partial charge in [-0.2, -0.15) is 0 Å². The molecule has 0 amide bonds. The van der Waals surface area contributed by atoms with Gasteiger partial charge in [0.1, 0.15) is 16.0 Å². The average molecular weight is 341 g/mol. The molecule has 0 N–H and O–H groups in total. The van der Waals surface area contributed by atoms with Crippen molar-refractivity contribution < 1.29 is 9.57 Å². The van der Waals surface area contributed by atoms with Gasteiger partial charge < -0.3 is 14.5 Å². The van der Waals surface area contributed by atoms with Crippen molar-refractivity contribution in [1.82, 2.24) is 4.90 Å². The van der Waals surface area contributed by atoms with Crippen LogP contribution in [0.5, 0.6) is 0 Å². The lowest BCUT2D eigenvalue weighted by atomic mass is 9.88. The molecule has 3 rings (SSSR count). The summed E-state index contributed by atoms with van der Waals surface area (Å²) in [6.45, 7) is 3.32. The van der Waals surface area contributed by atoms with Crippen LogP contribution in [0.3, 0.4) is 0 Å². The Bertz CT molecular complexity index is 451. The number of nitrogens with zero attached hydrogens (tertiary/aromatic N) is 2. The Balaban J connectivity index is 1.46. The predicted octanol–water partition coefficient (Wildman–Crippen LogP) is 3.06. The Morgan fingerprint density at radius 1 is 1.50 bits per heavy atom. The average Bonchev–Trinajstić information content (AvgIpc) is 2.84. The molecule has 20 heavy (non-hydrogen) atoms. The minimum absolute atomic E-state index is 0.0269. The van der Waals surface area contributed by atoms with Crippen molar-refractivity contribution >= 4 is 20.6 Å². The van der Waals surface area contributed by atoms with E-state index in [0.717, 1.165) is 55.7 Å². The van der Waals surface area contributed by atoms with Gasteiger partial charge in [-0.05, 0) is 40.4 Å². The number of oxime groups is 1. The lowest BCUT2D eigenvalue weighted by Crippen LogP contribution is -2.45. The third kappa shape index (κ3) is 3.09. The van der Waals surface area contributed by atoms with Crippen LogP contribution in [-0.4, -0.2) is 41.9 Å². The van der Waals surface area contributed by atoms with Crippen LogP contribution >= 0.6 is 15.9 Å². The van der Waals surface area contributed by atoms with Crippen LogP contribution in [0.2, 0.25) is 0 Å². The van der Waals surface area contributed by atoms with Gasteiger partial charge in [0, 0.05) is 38.9 Å². The zero-order valence-corrected chi connectivity index (χ0v) is 13.4. The molecule has 1 aliphatic carbocycles. The molecule has 2 heterocycles. The first-order valence-electron chi connectivity index (χ1n) is 7.24. The first-order chi connectivity index (χ1) is 9.69. The van der Waals surface area contributed by atoms with Crippen molar-refractivity contribution in [3.05, 3.63) is 24.0 Å². The molecule has 110 valence electrons. The monoisotopic (exact) mass is 340 g/mol. The van der Waals surface area contributed by atoms with Gasteiger partial charge in [-0.1, -0.05) is 11.2 Å². The SMILES string of the molecule is COC1=CCC(CN2CCC3(CC2)CC(Br)=NO3)C=C1. The molecule has 0 aromatic rings. The lowest BCUT2D eigenvalue weighted by molar-refractivity contribution is -0.0625. The smallest absolute Gasteiger partial charge is 0.146 e. The topological polar surface area (TPSA) is 34.1 Å². The largest absolute Gasteiger partial charge is 0.497 e. The van der Waals surface area contributed by atoms with Gasteiger partial charge in [-0.15, -0.1) is 0 Å². The summed E-state index contributed by atoms with van der Waals surface area (Å²) < 4.78 is 6.19. The second-order valence-corrected chi connectivity index (χ2v) is 6.80. The highest BCUT2D eigenvalue weighted by molar-refractivity contribution is 9.18. The fraction of sp³-hybridized carbons (Fsp3) is 0.667. The Morgan fingerprint density at radius 3 is 2.85 bits per heavy atom. The molecule has 0 bridgehead atoms. The summed E-state index contributed by atoms with van der Waals surface area (Å²) in [6.07, 6.45) is 10.7. The zero-order valence-electron chi connectivity index (χ0n) is 11.8. The van der Waals surface area contributed by atoms with E-state index in [1.807, 2.05) is 0 Å². The second-order valence-electron chi connectivity index (χ2n) is 5.88. The molecule has 4 nitrogen and oxygen atoms in total. The van der Waals surface area contributed by atoms with Gasteiger partial charge in [0.15, 0.2) is 0 Å². The number of rotatable bonds is 3. The quantitative estimate of drug-likeness (QED) is 0.791. The summed E-state index contributed by atoms with van der Waals surface area (Å²) in [5.74, 6) is 1.59. The highest BCUT2D eigenvalue weighted by Crippen LogP contribution is 2.36. The maximum Gasteiger partial charge on any atom is 0.146 e. The van der Waals surface area contributed by atoms with E-state index in [0.29, 0.717) is 5.92 Å². The van der Waals surface area contributed by atoms with Gasteiger partial charge in [0.05, 0.1) is 7.11 Å². The normalized spacial score (nSPS) is 29.0. The van der Waals surface area contributed by atoms with Crippen molar-refractivity contribution in [2.24, 2.45) is 11.1 Å². The molecule has 0 aromatic heterocycles. The first kappa shape index (κ1) is 14.1. The highest BCUT2D eigenvalue weighted by Gasteiger charge is 2.41. The second kappa shape index (κ2) is 5.90. The van der Waals surface area contributed by atoms with E-state index in [2.05, 4.69) is 44.2 Å². The molecular weight excluding hydrogens is 320 g/mol. The lowest BCUT2D eigenvalue weighted by Gasteiger charge is -2.38. The van der Waals surface area contributed by atoms with Crippen LogP contribution in [0.15, 0.2) is 29.1 Å². The molecule has 1 unspecified atom stereocenters. The Kier molecular flexibility index (Phi) is 4.17. The minimum atomic E-state index is -0.0269. The Morgan fingerprint density at radius 2 is 2.30 bits per heavy atom. The summed E-state index contributed by atoms with van der Waals surface area (Å²) in [5, 5.41) is 4.05. The first-order valence-corrected chi connectivity index (χ1v) is 8.04. The van der Waals surface area contributed by atoms with Crippen molar-refractivity contribution in [2.45, 2.75) is 31.3 Å². The maximum absolute atomic E-state index is 5.63. The number of halogens is 1. The number of piperidine rings is 1. The molecule has 1 saturated heterocycles. The number of likely N-dealkylation sites (tertiary alicyclic amines) is 1. The van der Waals surface area contributed by atoms with Gasteiger partial charge in [0.2, 0.25) is 0 Å². The predicted molar refractivity (Wildman–Crippen MR) is 82.8 cm³/mol. The van der Waals surface area contributed by atoms with E-state index in [9.17, 15) is 0 Å². The van der Waals surface area contributed by atoms with E-state index in [1.54, 1.807) is 7.11 Å². The van der Waals surface area contributed by atoms with Gasteiger partial charge in [-0.25, -0.2) is 0 Å². The van der Waals surface area contributed by atoms with Crippen molar-refractivity contribution in [3.8, 4) is 0 Å². The van der Waals surface area contributed by atoms with E-state index in [1.165, 1.54) is 0 Å². The number of allylic oxidation sites excluding steroid dienone is 2. The van der Waals surface area contributed by atoms with E-state index in [4.69, 9.17) is 9.57 Å². The molecule has 2 aliphatic heterocycles. The van der Waals surface area contributed by atoms with Crippen LogP contribution in [0.25, 0.3) is 0 Å². The molecule has 5 heteroatoms. The third-order valence-corrected chi connectivity index (χ3v) is 4.88. The van der Waals surface area contributed by atoms with Crippen LogP contribution in [0.4, 0.5) is 0 Å². The van der Waals surface area contributed by atoms with Gasteiger partial charge in [0.25, 0.3) is 0 Å². The summed E-state index contributed by atoms with van der Waals surface area (Å²) >= 11 is 3.44. The van der Waals surface area contributed by atoms with Crippen molar-refractivity contribution in [2.75, 3.05) is 26.7 Å². The van der Waals surface area contributed by atoms with E-state index < -0.39 is 0 Å². The third-order valence-electron chi connectivity index (χ3n) is 4.46. The van der Waals surface area contributed by atoms with Crippen molar-refractivity contribution in [3.63, 3.8) is 0 Å². The Labute approximate surface area is 128 Å². The van der Waals surface area contributed by atoms with Gasteiger partial charge in [-0.3, -0.25) is 0 Å². The van der Waals surface area contributed by atoms with Crippen LogP contribution < -0.4 is 0 Å². The number of hydrogen-bond donors (Lipinski definition) is 0. The molecule has 3 aliphatic rings. The molecular formula is C15H21BrN2O2. The minimum Gasteiger partial charge on any atom is -0.497 e. The Hall–Kier alpha value is -0.810. The molecule has 1 atom stereocenters. The standard InChI is InChI=1S/C15H21BrN2O2/c1-19-13-4-2-12(3-5-13)11-18-8-6-15(7-9-18)10-14(16)17-20-15/h2,4-5,12H,3,6-11H2,1H3. The van der Waals surface area contributed by atoms with Crippen LogP contribution in [-0.2, 0) is 9.57 Å². The molecule has 0 radical (unpaired) electrons. The van der Waals surface area contributed by atoms with E-state index in [-0.39, 0.29) is 5.60 Å². The highest BCUT2D eigenvalue weighted by atomic mass is 79.9. The summed E-state index contributed by atoms with van der Waals surface area (Å²) in [7, 11) is 1.72. The number of ether oxygens (including phenoxy) is 1. The van der Waals surface area contributed by atoms with Crippen molar-refractivity contribution in [1.29, 1.82) is 0 Å². The van der Waals surface area contributed by atoms with Crippen LogP contribution in [0, 0.1) is 5.92 Å². The van der Waals surface area contributed by atoms with Gasteiger partial charge >= 0.3 is 0 Å². The molecule has 1 spiro atoms. The maximum atomic E-state index is 5.63. The summed E-state index contributed by atoms with van der Waals surface area (Å²) in [6, 6.07) is 0. The molecule has 1 fully saturated rings.